The van der Waals surface area contributed by atoms with Gasteiger partial charge in [-0.25, -0.2) is 0 Å². The van der Waals surface area contributed by atoms with Crippen LogP contribution in [0.25, 0.3) is 0 Å². The third kappa shape index (κ3) is 5.34. The van der Waals surface area contributed by atoms with Crippen LogP contribution in [-0.4, -0.2) is 50.5 Å². The molecule has 0 radical (unpaired) electrons. The van der Waals surface area contributed by atoms with E-state index in [2.05, 4.69) is 27.9 Å². The van der Waals surface area contributed by atoms with E-state index < -0.39 is 0 Å². The molecule has 0 bridgehead atoms. The first-order valence-electron chi connectivity index (χ1n) is 9.08. The van der Waals surface area contributed by atoms with Crippen LogP contribution in [-0.2, 0) is 11.2 Å². The summed E-state index contributed by atoms with van der Waals surface area (Å²) in [7, 11) is 3.77. The highest BCUT2D eigenvalue weighted by molar-refractivity contribution is 5.98. The summed E-state index contributed by atoms with van der Waals surface area (Å²) in [5.41, 5.74) is 2.29. The number of carbonyl (C=O) groups excluding carboxylic acids is 1. The Balaban J connectivity index is 1.78. The molecule has 5 heteroatoms. The number of nitrogens with zero attached hydrogens (tertiary/aromatic N) is 3. The topological polar surface area (TPSA) is 47.9 Å². The van der Waals surface area contributed by atoms with Gasteiger partial charge in [-0.05, 0) is 37.3 Å². The predicted molar refractivity (Wildman–Crippen MR) is 105 cm³/mol. The quantitative estimate of drug-likeness (QED) is 0.342. The minimum atomic E-state index is 0.0884. The molecular formula is C20H30N4O. The lowest BCUT2D eigenvalue weighted by atomic mass is 10.2. The molecule has 1 aromatic rings. The van der Waals surface area contributed by atoms with Crippen molar-refractivity contribution in [1.29, 1.82) is 0 Å². The van der Waals surface area contributed by atoms with E-state index in [9.17, 15) is 4.79 Å². The fourth-order valence-corrected chi connectivity index (χ4v) is 3.15. The summed E-state index contributed by atoms with van der Waals surface area (Å²) in [5, 5.41) is 3.20. The summed E-state index contributed by atoms with van der Waals surface area (Å²) in [6, 6.07) is 8.12. The molecule has 25 heavy (non-hydrogen) atoms. The van der Waals surface area contributed by atoms with Gasteiger partial charge in [0.2, 0.25) is 5.91 Å². The van der Waals surface area contributed by atoms with Crippen molar-refractivity contribution < 1.29 is 4.79 Å². The van der Waals surface area contributed by atoms with Crippen molar-refractivity contribution in [2.75, 3.05) is 38.6 Å². The van der Waals surface area contributed by atoms with Crippen LogP contribution in [0.3, 0.4) is 0 Å². The molecular weight excluding hydrogens is 312 g/mol. The zero-order valence-corrected chi connectivity index (χ0v) is 15.5. The van der Waals surface area contributed by atoms with Crippen LogP contribution >= 0.6 is 0 Å². The van der Waals surface area contributed by atoms with Crippen molar-refractivity contribution in [3.63, 3.8) is 0 Å². The summed E-state index contributed by atoms with van der Waals surface area (Å²) >= 11 is 0. The van der Waals surface area contributed by atoms with Crippen LogP contribution in [0.1, 0.15) is 31.2 Å². The molecule has 0 fully saturated rings. The fourth-order valence-electron chi connectivity index (χ4n) is 3.15. The largest absolute Gasteiger partial charge is 0.347 e. The maximum atomic E-state index is 12.6. The lowest BCUT2D eigenvalue weighted by Crippen LogP contribution is -2.45. The van der Waals surface area contributed by atoms with Gasteiger partial charge in [-0.2, -0.15) is 0 Å². The lowest BCUT2D eigenvalue weighted by Gasteiger charge is -2.23. The monoisotopic (exact) mass is 342 g/mol. The first kappa shape index (κ1) is 19.0. The fraction of sp³-hybridized carbons (Fsp3) is 0.500. The molecule has 136 valence electrons. The lowest BCUT2D eigenvalue weighted by molar-refractivity contribution is -0.117. The van der Waals surface area contributed by atoms with E-state index in [0.29, 0.717) is 0 Å². The Hall–Kier alpha value is -2.30. The van der Waals surface area contributed by atoms with Crippen LogP contribution in [0.4, 0.5) is 5.69 Å². The van der Waals surface area contributed by atoms with Crippen molar-refractivity contribution in [3.8, 4) is 0 Å². The Kier molecular flexibility index (Phi) is 7.51. The SMILES string of the molecule is C=CCCCCCN(C)C(=NC)NCC(=O)N1CCc2ccccc21. The number of anilines is 1. The zero-order valence-electron chi connectivity index (χ0n) is 15.5. The van der Waals surface area contributed by atoms with E-state index in [1.165, 1.54) is 18.4 Å². The molecule has 0 atom stereocenters. The number of benzene rings is 1. The van der Waals surface area contributed by atoms with E-state index >= 15 is 0 Å². The van der Waals surface area contributed by atoms with Gasteiger partial charge >= 0.3 is 0 Å². The van der Waals surface area contributed by atoms with Crippen molar-refractivity contribution in [1.82, 2.24) is 10.2 Å². The minimum Gasteiger partial charge on any atom is -0.347 e. The van der Waals surface area contributed by atoms with Gasteiger partial charge < -0.3 is 15.1 Å². The summed E-state index contributed by atoms with van der Waals surface area (Å²) in [4.78, 5) is 20.8. The van der Waals surface area contributed by atoms with E-state index in [1.54, 1.807) is 7.05 Å². The number of nitrogens with one attached hydrogen (secondary N) is 1. The summed E-state index contributed by atoms with van der Waals surface area (Å²) < 4.78 is 0. The summed E-state index contributed by atoms with van der Waals surface area (Å²) in [5.74, 6) is 0.857. The number of carbonyl (C=O) groups is 1. The minimum absolute atomic E-state index is 0.0884. The summed E-state index contributed by atoms with van der Waals surface area (Å²) in [6.07, 6.45) is 7.43. The van der Waals surface area contributed by atoms with E-state index in [4.69, 9.17) is 0 Å². The Labute approximate surface area is 151 Å². The van der Waals surface area contributed by atoms with E-state index in [1.807, 2.05) is 36.2 Å². The Bertz CT molecular complexity index is 611. The molecule has 2 rings (SSSR count). The second-order valence-corrected chi connectivity index (χ2v) is 6.38. The Morgan fingerprint density at radius 2 is 2.16 bits per heavy atom. The van der Waals surface area contributed by atoms with Crippen molar-refractivity contribution in [2.24, 2.45) is 4.99 Å². The smallest absolute Gasteiger partial charge is 0.246 e. The van der Waals surface area contributed by atoms with Gasteiger partial charge in [0, 0.05) is 32.9 Å². The molecule has 0 aliphatic carbocycles. The van der Waals surface area contributed by atoms with Gasteiger partial charge in [0.15, 0.2) is 5.96 Å². The van der Waals surface area contributed by atoms with Gasteiger partial charge in [0.1, 0.15) is 0 Å². The highest BCUT2D eigenvalue weighted by atomic mass is 16.2. The second kappa shape index (κ2) is 9.87. The number of hydrogen-bond acceptors (Lipinski definition) is 2. The second-order valence-electron chi connectivity index (χ2n) is 6.38. The number of unbranched alkanes of at least 4 members (excludes halogenated alkanes) is 3. The third-order valence-corrected chi connectivity index (χ3v) is 4.56. The molecule has 0 saturated carbocycles. The average Bonchev–Trinajstić information content (AvgIpc) is 3.06. The number of fused-ring (bicyclic) bond motifs is 1. The van der Waals surface area contributed by atoms with Gasteiger partial charge in [-0.1, -0.05) is 30.7 Å². The molecule has 0 spiro atoms. The molecule has 0 aromatic heterocycles. The van der Waals surface area contributed by atoms with E-state index in [-0.39, 0.29) is 12.5 Å². The van der Waals surface area contributed by atoms with Gasteiger partial charge in [0.05, 0.1) is 6.54 Å². The zero-order chi connectivity index (χ0) is 18.1. The molecule has 1 aliphatic rings. The Morgan fingerprint density at radius 3 is 2.92 bits per heavy atom. The number of rotatable bonds is 8. The summed E-state index contributed by atoms with van der Waals surface area (Å²) in [6.45, 7) is 5.70. The van der Waals surface area contributed by atoms with Crippen LogP contribution in [0, 0.1) is 0 Å². The molecule has 1 amide bonds. The van der Waals surface area contributed by atoms with Crippen LogP contribution < -0.4 is 10.2 Å². The number of aliphatic imine (C=N–C) groups is 1. The molecule has 5 nitrogen and oxygen atoms in total. The highest BCUT2D eigenvalue weighted by Gasteiger charge is 2.24. The number of para-hydroxylation sites is 1. The highest BCUT2D eigenvalue weighted by Crippen LogP contribution is 2.27. The first-order valence-corrected chi connectivity index (χ1v) is 9.08. The maximum absolute atomic E-state index is 12.6. The van der Waals surface area contributed by atoms with Crippen LogP contribution in [0.2, 0.25) is 0 Å². The molecule has 0 saturated heterocycles. The number of hydrogen-bond donors (Lipinski definition) is 1. The van der Waals surface area contributed by atoms with Gasteiger partial charge in [-0.15, -0.1) is 6.58 Å². The van der Waals surface area contributed by atoms with Crippen LogP contribution in [0.15, 0.2) is 41.9 Å². The number of guanidine groups is 1. The molecule has 0 unspecified atom stereocenters. The third-order valence-electron chi connectivity index (χ3n) is 4.56. The molecule has 1 N–H and O–H groups in total. The molecule has 1 heterocycles. The number of allylic oxidation sites excluding steroid dienone is 1. The molecule has 1 aliphatic heterocycles. The van der Waals surface area contributed by atoms with Crippen molar-refractivity contribution in [3.05, 3.63) is 42.5 Å². The van der Waals surface area contributed by atoms with Crippen molar-refractivity contribution >= 4 is 17.6 Å². The normalized spacial score (nSPS) is 13.5. The Morgan fingerprint density at radius 1 is 1.36 bits per heavy atom. The average molecular weight is 342 g/mol. The van der Waals surface area contributed by atoms with Crippen molar-refractivity contribution in [2.45, 2.75) is 32.1 Å². The molecule has 1 aromatic carbocycles. The predicted octanol–water partition coefficient (Wildman–Crippen LogP) is 2.83. The maximum Gasteiger partial charge on any atom is 0.246 e. The van der Waals surface area contributed by atoms with Gasteiger partial charge in [-0.3, -0.25) is 9.79 Å². The first-order chi connectivity index (χ1) is 12.2. The number of amides is 1. The van der Waals surface area contributed by atoms with E-state index in [0.717, 1.165) is 44.0 Å². The standard InChI is InChI=1S/C20H30N4O/c1-4-5-6-7-10-14-23(3)20(21-2)22-16-19(25)24-15-13-17-11-8-9-12-18(17)24/h4,8-9,11-12H,1,5-7,10,13-16H2,2-3H3,(H,21,22). The van der Waals surface area contributed by atoms with Gasteiger partial charge in [0.25, 0.3) is 0 Å². The van der Waals surface area contributed by atoms with Crippen LogP contribution in [0.5, 0.6) is 0 Å².